The van der Waals surface area contributed by atoms with Gasteiger partial charge in [0.15, 0.2) is 11.6 Å². The number of carbonyl (C=O) groups is 2. The number of fused-ring (bicyclic) bond motifs is 2. The zero-order valence-corrected chi connectivity index (χ0v) is 16.1. The predicted octanol–water partition coefficient (Wildman–Crippen LogP) is 2.69. The second-order valence-electron chi connectivity index (χ2n) is 6.70. The fraction of sp³-hybridized carbons (Fsp3) is 0.0476. The number of nitrogens with one attached hydrogen (secondary N) is 1. The predicted molar refractivity (Wildman–Crippen MR) is 116 cm³/mol. The van der Waals surface area contributed by atoms with Crippen molar-refractivity contribution in [1.29, 1.82) is 0 Å². The first kappa shape index (κ1) is 22.2. The Kier molecular flexibility index (Phi) is 5.90. The van der Waals surface area contributed by atoms with Crippen molar-refractivity contribution >= 4 is 68.3 Å². The Bertz CT molecular complexity index is 1320. The average molecular weight is 432 g/mol. The first-order valence-corrected chi connectivity index (χ1v) is 10.1. The number of aryl methyl sites for hydroxylation is 1. The third-order valence-corrected chi connectivity index (χ3v) is 5.79. The number of anilines is 3. The molecule has 4 rings (SSSR count). The number of carbonyl (C=O) groups excluding carboxylic acids is 2. The van der Waals surface area contributed by atoms with Crippen molar-refractivity contribution in [2.45, 2.75) is 11.8 Å². The number of benzene rings is 3. The second-order valence-corrected chi connectivity index (χ2v) is 8.09. The SMILES string of the molecule is Cc1ccccc1Nc1cc(S(=O)(=O)O)c(N)c2c1C(=O)c1ccccc1C2=O.[NaH]. The molecule has 0 spiro atoms. The van der Waals surface area contributed by atoms with Gasteiger partial charge in [-0.25, -0.2) is 0 Å². The summed E-state index contributed by atoms with van der Waals surface area (Å²) in [5, 5.41) is 3.02. The zero-order chi connectivity index (χ0) is 20.9. The van der Waals surface area contributed by atoms with E-state index in [1.54, 1.807) is 24.3 Å². The maximum atomic E-state index is 13.2. The second kappa shape index (κ2) is 7.98. The number of hydrogen-bond donors (Lipinski definition) is 3. The molecular weight excluding hydrogens is 415 g/mol. The number of ketones is 2. The van der Waals surface area contributed by atoms with Crippen LogP contribution in [0.2, 0.25) is 0 Å². The van der Waals surface area contributed by atoms with E-state index < -0.39 is 32.3 Å². The third kappa shape index (κ3) is 3.57. The monoisotopic (exact) mass is 432 g/mol. The van der Waals surface area contributed by atoms with Gasteiger partial charge in [-0.2, -0.15) is 8.42 Å². The molecule has 0 atom stereocenters. The van der Waals surface area contributed by atoms with Crippen LogP contribution in [0.1, 0.15) is 37.4 Å². The normalized spacial score (nSPS) is 12.6. The average Bonchev–Trinajstić information content (AvgIpc) is 2.68. The van der Waals surface area contributed by atoms with Crippen LogP contribution in [0.3, 0.4) is 0 Å². The minimum absolute atomic E-state index is 0. The Balaban J connectivity index is 0.00000256. The summed E-state index contributed by atoms with van der Waals surface area (Å²) < 4.78 is 33.4. The van der Waals surface area contributed by atoms with E-state index in [4.69, 9.17) is 5.73 Å². The molecular formula is C21H17N2NaO5S. The molecule has 1 aliphatic rings. The van der Waals surface area contributed by atoms with Crippen LogP contribution < -0.4 is 11.1 Å². The standard InChI is InChI=1S/C21H16N2O5S.Na.H/c1-11-6-2-5-9-14(11)23-15-10-16(29(26,27)28)19(22)18-17(15)20(24)12-7-3-4-8-13(12)21(18)25;;/h2-10,23H,22H2,1H3,(H,26,27,28);;. The molecule has 7 nitrogen and oxygen atoms in total. The summed E-state index contributed by atoms with van der Waals surface area (Å²) in [6, 6.07) is 14.5. The number of para-hydroxylation sites is 1. The van der Waals surface area contributed by atoms with Gasteiger partial charge in [0.25, 0.3) is 10.1 Å². The molecule has 0 fully saturated rings. The maximum absolute atomic E-state index is 13.2. The van der Waals surface area contributed by atoms with Crippen molar-refractivity contribution in [2.75, 3.05) is 11.1 Å². The first-order chi connectivity index (χ1) is 13.7. The molecule has 0 saturated heterocycles. The van der Waals surface area contributed by atoms with Crippen LogP contribution >= 0.6 is 0 Å². The van der Waals surface area contributed by atoms with Crippen molar-refractivity contribution in [3.05, 3.63) is 82.4 Å². The van der Waals surface area contributed by atoms with Crippen molar-refractivity contribution in [3.8, 4) is 0 Å². The van der Waals surface area contributed by atoms with Crippen molar-refractivity contribution in [3.63, 3.8) is 0 Å². The molecule has 0 amide bonds. The van der Waals surface area contributed by atoms with Gasteiger partial charge in [-0.05, 0) is 24.6 Å². The molecule has 0 radical (unpaired) electrons. The summed E-state index contributed by atoms with van der Waals surface area (Å²) in [6.45, 7) is 1.83. The van der Waals surface area contributed by atoms with Gasteiger partial charge in [0.05, 0.1) is 22.5 Å². The molecule has 0 unspecified atom stereocenters. The summed E-state index contributed by atoms with van der Waals surface area (Å²) in [5.74, 6) is -1.04. The van der Waals surface area contributed by atoms with E-state index in [9.17, 15) is 22.6 Å². The fourth-order valence-electron chi connectivity index (χ4n) is 3.46. The molecule has 148 valence electrons. The van der Waals surface area contributed by atoms with Crippen LogP contribution in [0.5, 0.6) is 0 Å². The summed E-state index contributed by atoms with van der Waals surface area (Å²) in [6.07, 6.45) is 0. The summed E-state index contributed by atoms with van der Waals surface area (Å²) in [5.41, 5.74) is 7.09. The topological polar surface area (TPSA) is 127 Å². The molecule has 0 heterocycles. The summed E-state index contributed by atoms with van der Waals surface area (Å²) in [4.78, 5) is 25.7. The number of rotatable bonds is 3. The van der Waals surface area contributed by atoms with Gasteiger partial charge < -0.3 is 11.1 Å². The fourth-order valence-corrected chi connectivity index (χ4v) is 4.11. The Morgan fingerprint density at radius 3 is 1.97 bits per heavy atom. The van der Waals surface area contributed by atoms with Gasteiger partial charge in [0.1, 0.15) is 4.90 Å². The number of nitrogens with two attached hydrogens (primary N) is 1. The molecule has 3 aromatic carbocycles. The number of hydrogen-bond acceptors (Lipinski definition) is 6. The Hall–Kier alpha value is -2.49. The van der Waals surface area contributed by atoms with E-state index in [2.05, 4.69) is 5.32 Å². The molecule has 3 aromatic rings. The van der Waals surface area contributed by atoms with Crippen molar-refractivity contribution < 1.29 is 22.6 Å². The zero-order valence-electron chi connectivity index (χ0n) is 15.3. The third-order valence-electron chi connectivity index (χ3n) is 4.89. The molecule has 0 saturated carbocycles. The minimum atomic E-state index is -4.74. The van der Waals surface area contributed by atoms with E-state index in [1.165, 1.54) is 12.1 Å². The van der Waals surface area contributed by atoms with Gasteiger partial charge in [0.2, 0.25) is 0 Å². The Morgan fingerprint density at radius 2 is 1.40 bits per heavy atom. The molecule has 1 aliphatic carbocycles. The van der Waals surface area contributed by atoms with E-state index in [0.717, 1.165) is 11.6 Å². The van der Waals surface area contributed by atoms with Gasteiger partial charge in [-0.15, -0.1) is 0 Å². The molecule has 9 heteroatoms. The quantitative estimate of drug-likeness (QED) is 0.258. The summed E-state index contributed by atoms with van der Waals surface area (Å²) >= 11 is 0. The van der Waals surface area contributed by atoms with E-state index in [0.29, 0.717) is 5.69 Å². The molecule has 0 aromatic heterocycles. The van der Waals surface area contributed by atoms with E-state index in [1.807, 2.05) is 19.1 Å². The van der Waals surface area contributed by atoms with Crippen molar-refractivity contribution in [1.82, 2.24) is 0 Å². The van der Waals surface area contributed by atoms with Crippen LogP contribution in [-0.2, 0) is 10.1 Å². The van der Waals surface area contributed by atoms with Gasteiger partial charge in [0, 0.05) is 16.8 Å². The molecule has 0 bridgehead atoms. The first-order valence-electron chi connectivity index (χ1n) is 8.65. The van der Waals surface area contributed by atoms with Crippen molar-refractivity contribution in [2.24, 2.45) is 0 Å². The van der Waals surface area contributed by atoms with E-state index >= 15 is 0 Å². The van der Waals surface area contributed by atoms with Gasteiger partial charge >= 0.3 is 29.6 Å². The van der Waals surface area contributed by atoms with Crippen LogP contribution in [0.15, 0.2) is 59.5 Å². The summed E-state index contributed by atoms with van der Waals surface area (Å²) in [7, 11) is -4.74. The van der Waals surface area contributed by atoms with Gasteiger partial charge in [-0.3, -0.25) is 14.1 Å². The van der Waals surface area contributed by atoms with Crippen LogP contribution in [0.4, 0.5) is 17.1 Å². The van der Waals surface area contributed by atoms with Gasteiger partial charge in [-0.1, -0.05) is 42.5 Å². The molecule has 4 N–H and O–H groups in total. The number of nitrogen functional groups attached to an aromatic ring is 1. The van der Waals surface area contributed by atoms with Crippen LogP contribution in [0, 0.1) is 6.92 Å². The van der Waals surface area contributed by atoms with Crippen LogP contribution in [0.25, 0.3) is 0 Å². The van der Waals surface area contributed by atoms with E-state index in [-0.39, 0.29) is 57.5 Å². The molecule has 0 aliphatic heterocycles. The molecule has 30 heavy (non-hydrogen) atoms. The Morgan fingerprint density at radius 1 is 0.867 bits per heavy atom. The van der Waals surface area contributed by atoms with Crippen LogP contribution in [-0.4, -0.2) is 54.1 Å². The Labute approximate surface area is 195 Å².